The molecule has 0 radical (unpaired) electrons. The zero-order chi connectivity index (χ0) is 17.4. The zero-order valence-electron chi connectivity index (χ0n) is 14.3. The molecular weight excluding hydrogens is 300 g/mol. The molecule has 0 fully saturated rings. The molecule has 0 spiro atoms. The molecule has 2 amide bonds. The van der Waals surface area contributed by atoms with E-state index in [1.165, 1.54) is 6.92 Å². The number of unbranched alkanes of at least 4 members (excludes halogenated alkanes) is 1. The third kappa shape index (κ3) is 5.23. The van der Waals surface area contributed by atoms with Crippen molar-refractivity contribution in [1.82, 2.24) is 0 Å². The van der Waals surface area contributed by atoms with Gasteiger partial charge in [0.05, 0.1) is 6.42 Å². The minimum atomic E-state index is -0.103. The Morgan fingerprint density at radius 3 is 2.25 bits per heavy atom. The summed E-state index contributed by atoms with van der Waals surface area (Å²) < 4.78 is 0. The molecule has 0 saturated carbocycles. The van der Waals surface area contributed by atoms with Crippen molar-refractivity contribution in [2.45, 2.75) is 33.1 Å². The molecule has 0 bridgehead atoms. The molecule has 0 unspecified atom stereocenters. The van der Waals surface area contributed by atoms with E-state index < -0.39 is 0 Å². The molecule has 0 aliphatic carbocycles. The predicted molar refractivity (Wildman–Crippen MR) is 98.2 cm³/mol. The number of hydrogen-bond donors (Lipinski definition) is 1. The monoisotopic (exact) mass is 324 g/mol. The fourth-order valence-electron chi connectivity index (χ4n) is 2.50. The highest BCUT2D eigenvalue weighted by Gasteiger charge is 2.15. The number of rotatable bonds is 7. The number of carbonyl (C=O) groups excluding carboxylic acids is 2. The van der Waals surface area contributed by atoms with Crippen LogP contribution in [-0.4, -0.2) is 18.4 Å². The molecule has 0 aliphatic heterocycles. The van der Waals surface area contributed by atoms with Gasteiger partial charge in [-0.15, -0.1) is 0 Å². The first-order valence-corrected chi connectivity index (χ1v) is 8.32. The van der Waals surface area contributed by atoms with Crippen LogP contribution in [0.2, 0.25) is 0 Å². The van der Waals surface area contributed by atoms with Crippen LogP contribution in [0.3, 0.4) is 0 Å². The summed E-state index contributed by atoms with van der Waals surface area (Å²) in [6.45, 7) is 4.32. The highest BCUT2D eigenvalue weighted by atomic mass is 16.2. The van der Waals surface area contributed by atoms with E-state index in [9.17, 15) is 9.59 Å². The van der Waals surface area contributed by atoms with Crippen LogP contribution in [0.15, 0.2) is 54.6 Å². The van der Waals surface area contributed by atoms with Gasteiger partial charge >= 0.3 is 0 Å². The molecule has 2 aromatic rings. The second-order valence-corrected chi connectivity index (χ2v) is 5.79. The standard InChI is InChI=1S/C20H24N2O2/c1-3-4-14-22(19-8-6-5-7-9-19)20(24)15-17-10-12-18(13-11-17)21-16(2)23/h5-13H,3-4,14-15H2,1-2H3,(H,21,23). The van der Waals surface area contributed by atoms with Gasteiger partial charge in [-0.2, -0.15) is 0 Å². The average Bonchev–Trinajstić information content (AvgIpc) is 2.57. The highest BCUT2D eigenvalue weighted by molar-refractivity contribution is 5.95. The van der Waals surface area contributed by atoms with Crippen LogP contribution in [0.25, 0.3) is 0 Å². The summed E-state index contributed by atoms with van der Waals surface area (Å²) in [4.78, 5) is 25.6. The summed E-state index contributed by atoms with van der Waals surface area (Å²) in [6, 6.07) is 17.2. The number of amides is 2. The van der Waals surface area contributed by atoms with E-state index in [0.29, 0.717) is 6.42 Å². The first-order valence-electron chi connectivity index (χ1n) is 8.32. The Bertz CT molecular complexity index is 666. The molecule has 24 heavy (non-hydrogen) atoms. The van der Waals surface area contributed by atoms with Crippen LogP contribution in [0, 0.1) is 0 Å². The van der Waals surface area contributed by atoms with E-state index in [-0.39, 0.29) is 11.8 Å². The van der Waals surface area contributed by atoms with Crippen LogP contribution in [0.5, 0.6) is 0 Å². The fourth-order valence-corrected chi connectivity index (χ4v) is 2.50. The van der Waals surface area contributed by atoms with Crippen molar-refractivity contribution in [3.8, 4) is 0 Å². The topological polar surface area (TPSA) is 49.4 Å². The lowest BCUT2D eigenvalue weighted by Crippen LogP contribution is -2.33. The smallest absolute Gasteiger partial charge is 0.231 e. The van der Waals surface area contributed by atoms with Crippen molar-refractivity contribution in [2.24, 2.45) is 0 Å². The summed E-state index contributed by atoms with van der Waals surface area (Å²) in [6.07, 6.45) is 2.36. The Balaban J connectivity index is 2.08. The maximum atomic E-state index is 12.7. The number of anilines is 2. The van der Waals surface area contributed by atoms with Crippen LogP contribution < -0.4 is 10.2 Å². The quantitative estimate of drug-likeness (QED) is 0.836. The lowest BCUT2D eigenvalue weighted by molar-refractivity contribution is -0.118. The summed E-state index contributed by atoms with van der Waals surface area (Å²) in [5.74, 6) is -0.0180. The van der Waals surface area contributed by atoms with Gasteiger partial charge in [0.15, 0.2) is 0 Å². The largest absolute Gasteiger partial charge is 0.326 e. The molecule has 4 heteroatoms. The van der Waals surface area contributed by atoms with Gasteiger partial charge in [-0.25, -0.2) is 0 Å². The minimum absolute atomic E-state index is 0.0851. The van der Waals surface area contributed by atoms with E-state index >= 15 is 0 Å². The van der Waals surface area contributed by atoms with Crippen molar-refractivity contribution in [3.05, 3.63) is 60.2 Å². The van der Waals surface area contributed by atoms with Gasteiger partial charge in [0, 0.05) is 24.8 Å². The Morgan fingerprint density at radius 1 is 1.00 bits per heavy atom. The molecule has 2 rings (SSSR count). The molecule has 0 atom stereocenters. The first-order chi connectivity index (χ1) is 11.6. The Labute approximate surface area is 143 Å². The number of hydrogen-bond acceptors (Lipinski definition) is 2. The second-order valence-electron chi connectivity index (χ2n) is 5.79. The lowest BCUT2D eigenvalue weighted by atomic mass is 10.1. The zero-order valence-corrected chi connectivity index (χ0v) is 14.3. The van der Waals surface area contributed by atoms with Gasteiger partial charge in [-0.05, 0) is 36.2 Å². The average molecular weight is 324 g/mol. The van der Waals surface area contributed by atoms with Crippen molar-refractivity contribution >= 4 is 23.2 Å². The van der Waals surface area contributed by atoms with Crippen LogP contribution in [0.1, 0.15) is 32.3 Å². The fraction of sp³-hybridized carbons (Fsp3) is 0.300. The molecule has 0 aliphatic rings. The third-order valence-electron chi connectivity index (χ3n) is 3.73. The Kier molecular flexibility index (Phi) is 6.55. The third-order valence-corrected chi connectivity index (χ3v) is 3.73. The summed E-state index contributed by atoms with van der Waals surface area (Å²) in [5, 5.41) is 2.73. The number of benzene rings is 2. The molecular formula is C20H24N2O2. The lowest BCUT2D eigenvalue weighted by Gasteiger charge is -2.23. The molecule has 126 valence electrons. The van der Waals surface area contributed by atoms with Crippen LogP contribution in [-0.2, 0) is 16.0 Å². The number of para-hydroxylation sites is 1. The summed E-state index contributed by atoms with van der Waals surface area (Å²) >= 11 is 0. The van der Waals surface area contributed by atoms with Crippen molar-refractivity contribution in [2.75, 3.05) is 16.8 Å². The van der Waals surface area contributed by atoms with Gasteiger partial charge < -0.3 is 10.2 Å². The van der Waals surface area contributed by atoms with Gasteiger partial charge in [0.1, 0.15) is 0 Å². The molecule has 1 N–H and O–H groups in total. The number of nitrogens with one attached hydrogen (secondary N) is 1. The Morgan fingerprint density at radius 2 is 1.67 bits per heavy atom. The molecule has 4 nitrogen and oxygen atoms in total. The number of nitrogens with zero attached hydrogens (tertiary/aromatic N) is 1. The van der Waals surface area contributed by atoms with E-state index in [4.69, 9.17) is 0 Å². The van der Waals surface area contributed by atoms with Crippen molar-refractivity contribution in [3.63, 3.8) is 0 Å². The summed E-state index contributed by atoms with van der Waals surface area (Å²) in [5.41, 5.74) is 2.61. The molecule has 0 aromatic heterocycles. The van der Waals surface area contributed by atoms with Gasteiger partial charge in [-0.3, -0.25) is 9.59 Å². The first kappa shape index (κ1) is 17.7. The van der Waals surface area contributed by atoms with E-state index in [0.717, 1.165) is 36.3 Å². The van der Waals surface area contributed by atoms with Crippen molar-refractivity contribution in [1.29, 1.82) is 0 Å². The van der Waals surface area contributed by atoms with Gasteiger partial charge in [0.25, 0.3) is 0 Å². The van der Waals surface area contributed by atoms with E-state index in [2.05, 4.69) is 12.2 Å². The predicted octanol–water partition coefficient (Wildman–Crippen LogP) is 4.02. The summed E-state index contributed by atoms with van der Waals surface area (Å²) in [7, 11) is 0. The van der Waals surface area contributed by atoms with Crippen LogP contribution >= 0.6 is 0 Å². The highest BCUT2D eigenvalue weighted by Crippen LogP contribution is 2.17. The van der Waals surface area contributed by atoms with Crippen LogP contribution in [0.4, 0.5) is 11.4 Å². The van der Waals surface area contributed by atoms with Crippen molar-refractivity contribution < 1.29 is 9.59 Å². The molecule has 2 aromatic carbocycles. The second kappa shape index (κ2) is 8.87. The van der Waals surface area contributed by atoms with E-state index in [1.54, 1.807) is 0 Å². The molecule has 0 saturated heterocycles. The number of carbonyl (C=O) groups is 2. The maximum absolute atomic E-state index is 12.7. The Hall–Kier alpha value is -2.62. The van der Waals surface area contributed by atoms with Gasteiger partial charge in [-0.1, -0.05) is 43.7 Å². The molecule has 0 heterocycles. The maximum Gasteiger partial charge on any atom is 0.231 e. The normalized spacial score (nSPS) is 10.2. The van der Waals surface area contributed by atoms with Gasteiger partial charge in [0.2, 0.25) is 11.8 Å². The van der Waals surface area contributed by atoms with E-state index in [1.807, 2.05) is 59.5 Å². The minimum Gasteiger partial charge on any atom is -0.326 e. The SMILES string of the molecule is CCCCN(C(=O)Cc1ccc(NC(C)=O)cc1)c1ccccc1.